The van der Waals surface area contributed by atoms with Crippen molar-refractivity contribution in [1.29, 1.82) is 0 Å². The molecule has 0 atom stereocenters. The van der Waals surface area contributed by atoms with Crippen LogP contribution in [0.1, 0.15) is 48.8 Å². The lowest BCUT2D eigenvalue weighted by Crippen LogP contribution is -2.34. The van der Waals surface area contributed by atoms with Crippen LogP contribution in [0.25, 0.3) is 16.5 Å². The van der Waals surface area contributed by atoms with E-state index >= 15 is 0 Å². The summed E-state index contributed by atoms with van der Waals surface area (Å²) in [5.74, 6) is 1.98. The summed E-state index contributed by atoms with van der Waals surface area (Å²) in [6.07, 6.45) is 4.15. The van der Waals surface area contributed by atoms with Crippen LogP contribution in [0, 0.1) is 5.92 Å². The van der Waals surface area contributed by atoms with Gasteiger partial charge in [0.25, 0.3) is 5.91 Å². The van der Waals surface area contributed by atoms with Gasteiger partial charge in [0.1, 0.15) is 11.5 Å². The largest absolute Gasteiger partial charge is 0.362 e. The Morgan fingerprint density at radius 2 is 1.91 bits per heavy atom. The van der Waals surface area contributed by atoms with E-state index in [0.29, 0.717) is 30.1 Å². The Morgan fingerprint density at radius 1 is 1.18 bits per heavy atom. The van der Waals surface area contributed by atoms with E-state index in [1.54, 1.807) is 17.8 Å². The molecule has 1 saturated carbocycles. The van der Waals surface area contributed by atoms with Crippen molar-refractivity contribution in [3.8, 4) is 0 Å². The van der Waals surface area contributed by atoms with Crippen molar-refractivity contribution in [2.45, 2.75) is 38.6 Å². The number of hydrogen-bond acceptors (Lipinski definition) is 6. The van der Waals surface area contributed by atoms with Gasteiger partial charge in [-0.15, -0.1) is 0 Å². The zero-order chi connectivity index (χ0) is 23.5. The number of para-hydroxylation sites is 1. The fourth-order valence-corrected chi connectivity index (χ4v) is 4.37. The molecule has 1 aliphatic rings. The maximum absolute atomic E-state index is 12.6. The number of nitrogens with zero attached hydrogens (tertiary/aromatic N) is 5. The number of hydrogen-bond donors (Lipinski definition) is 2. The number of carbonyl (C=O) groups is 1. The number of fused-ring (bicyclic) bond motifs is 1. The molecule has 2 N–H and O–H groups in total. The topological polar surface area (TPSA) is 88.0 Å². The van der Waals surface area contributed by atoms with Crippen LogP contribution in [-0.2, 0) is 7.05 Å². The number of rotatable bonds is 7. The standard InChI is InChI=1S/C25H33N7O/c1-16(2)21-14-22(32(5)30-21)24(33)26-15-17-10-12-18(13-11-17)27-25-28-20-9-7-6-8-19(20)23(29-25)31(3)4/h6-9,14,17-18H,1,10-13,15H2,2-5H3,(H,26,33)(H,27,28,29)/t17-,18+. The van der Waals surface area contributed by atoms with Crippen molar-refractivity contribution in [2.75, 3.05) is 30.9 Å². The molecule has 0 saturated heterocycles. The highest BCUT2D eigenvalue weighted by Gasteiger charge is 2.23. The molecule has 1 aliphatic carbocycles. The molecule has 0 radical (unpaired) electrons. The minimum Gasteiger partial charge on any atom is -0.362 e. The third-order valence-corrected chi connectivity index (χ3v) is 6.29. The maximum atomic E-state index is 12.6. The predicted molar refractivity (Wildman–Crippen MR) is 133 cm³/mol. The van der Waals surface area contributed by atoms with Gasteiger partial charge < -0.3 is 15.5 Å². The smallest absolute Gasteiger partial charge is 0.269 e. The average Bonchev–Trinajstić information content (AvgIpc) is 3.20. The number of benzene rings is 1. The minimum atomic E-state index is -0.0847. The maximum Gasteiger partial charge on any atom is 0.269 e. The van der Waals surface area contributed by atoms with Gasteiger partial charge in [0.05, 0.1) is 11.2 Å². The molecule has 174 valence electrons. The van der Waals surface area contributed by atoms with E-state index < -0.39 is 0 Å². The Morgan fingerprint density at radius 3 is 2.58 bits per heavy atom. The molecule has 0 aliphatic heterocycles. The quantitative estimate of drug-likeness (QED) is 0.572. The van der Waals surface area contributed by atoms with Gasteiger partial charge in [-0.1, -0.05) is 18.7 Å². The van der Waals surface area contributed by atoms with Crippen molar-refractivity contribution in [3.05, 3.63) is 48.3 Å². The fourth-order valence-electron chi connectivity index (χ4n) is 4.37. The molecule has 2 heterocycles. The second kappa shape index (κ2) is 9.60. The highest BCUT2D eigenvalue weighted by Crippen LogP contribution is 2.28. The SMILES string of the molecule is C=C(C)c1cc(C(=O)NC[C@H]2CC[C@@H](Nc3nc(N(C)C)c4ccccc4n3)CC2)n(C)n1. The second-order valence-electron chi connectivity index (χ2n) is 9.17. The zero-order valence-corrected chi connectivity index (χ0v) is 19.9. The Hall–Kier alpha value is -3.42. The van der Waals surface area contributed by atoms with Crippen LogP contribution in [0.4, 0.5) is 11.8 Å². The van der Waals surface area contributed by atoms with E-state index in [1.807, 2.05) is 44.1 Å². The molecule has 0 bridgehead atoms. The van der Waals surface area contributed by atoms with Crippen molar-refractivity contribution in [3.63, 3.8) is 0 Å². The number of aryl methyl sites for hydroxylation is 1. The molecule has 1 aromatic carbocycles. The zero-order valence-electron chi connectivity index (χ0n) is 19.9. The van der Waals surface area contributed by atoms with E-state index in [0.717, 1.165) is 53.7 Å². The summed E-state index contributed by atoms with van der Waals surface area (Å²) in [4.78, 5) is 24.1. The van der Waals surface area contributed by atoms with E-state index in [4.69, 9.17) is 9.97 Å². The fraction of sp³-hybridized carbons (Fsp3) is 0.440. The molecule has 8 nitrogen and oxygen atoms in total. The van der Waals surface area contributed by atoms with Gasteiger partial charge in [-0.05, 0) is 62.3 Å². The van der Waals surface area contributed by atoms with Gasteiger partial charge in [-0.25, -0.2) is 4.98 Å². The van der Waals surface area contributed by atoms with E-state index in [9.17, 15) is 4.79 Å². The van der Waals surface area contributed by atoms with Crippen LogP contribution in [0.15, 0.2) is 36.9 Å². The first-order valence-electron chi connectivity index (χ1n) is 11.5. The molecule has 33 heavy (non-hydrogen) atoms. The van der Waals surface area contributed by atoms with E-state index in [-0.39, 0.29) is 5.91 Å². The number of anilines is 2. The average molecular weight is 448 g/mol. The number of aromatic nitrogens is 4. The van der Waals surface area contributed by atoms with Gasteiger partial charge in [0.15, 0.2) is 0 Å². The van der Waals surface area contributed by atoms with Gasteiger partial charge >= 0.3 is 0 Å². The Kier molecular flexibility index (Phi) is 6.62. The predicted octanol–water partition coefficient (Wildman–Crippen LogP) is 3.86. The lowest BCUT2D eigenvalue weighted by atomic mass is 9.86. The minimum absolute atomic E-state index is 0.0847. The first-order valence-corrected chi connectivity index (χ1v) is 11.5. The van der Waals surface area contributed by atoms with Gasteiger partial charge in [0.2, 0.25) is 5.95 Å². The Balaban J connectivity index is 1.31. The van der Waals surface area contributed by atoms with E-state index in [2.05, 4.69) is 28.4 Å². The summed E-state index contributed by atoms with van der Waals surface area (Å²) in [5.41, 5.74) is 3.11. The monoisotopic (exact) mass is 447 g/mol. The Bertz CT molecular complexity index is 1160. The summed E-state index contributed by atoms with van der Waals surface area (Å²) in [6, 6.07) is 10.2. The number of allylic oxidation sites excluding steroid dienone is 1. The van der Waals surface area contributed by atoms with Crippen LogP contribution >= 0.6 is 0 Å². The van der Waals surface area contributed by atoms with Crippen molar-refractivity contribution >= 4 is 34.1 Å². The molecule has 0 spiro atoms. The number of carbonyl (C=O) groups excluding carboxylic acids is 1. The summed E-state index contributed by atoms with van der Waals surface area (Å²) in [6.45, 7) is 6.47. The summed E-state index contributed by atoms with van der Waals surface area (Å²) in [7, 11) is 5.79. The molecule has 2 aromatic heterocycles. The van der Waals surface area contributed by atoms with E-state index in [1.165, 1.54) is 0 Å². The molecule has 3 aromatic rings. The Labute approximate surface area is 195 Å². The molecule has 0 unspecified atom stereocenters. The molecule has 1 amide bonds. The summed E-state index contributed by atoms with van der Waals surface area (Å²) < 4.78 is 1.62. The lowest BCUT2D eigenvalue weighted by molar-refractivity contribution is 0.0934. The second-order valence-corrected chi connectivity index (χ2v) is 9.17. The summed E-state index contributed by atoms with van der Waals surface area (Å²) in [5, 5.41) is 12.0. The molecular weight excluding hydrogens is 414 g/mol. The van der Waals surface area contributed by atoms with Crippen LogP contribution in [-0.4, -0.2) is 52.3 Å². The van der Waals surface area contributed by atoms with Crippen LogP contribution in [0.5, 0.6) is 0 Å². The molecule has 4 rings (SSSR count). The van der Waals surface area contributed by atoms with Gasteiger partial charge in [-0.2, -0.15) is 10.1 Å². The number of amides is 1. The van der Waals surface area contributed by atoms with Crippen molar-refractivity contribution in [1.82, 2.24) is 25.1 Å². The first-order chi connectivity index (χ1) is 15.8. The van der Waals surface area contributed by atoms with Gasteiger partial charge in [0, 0.05) is 39.1 Å². The van der Waals surface area contributed by atoms with Crippen molar-refractivity contribution in [2.24, 2.45) is 13.0 Å². The summed E-state index contributed by atoms with van der Waals surface area (Å²) >= 11 is 0. The van der Waals surface area contributed by atoms with Crippen LogP contribution in [0.3, 0.4) is 0 Å². The highest BCUT2D eigenvalue weighted by molar-refractivity contribution is 5.93. The first kappa shape index (κ1) is 22.8. The highest BCUT2D eigenvalue weighted by atomic mass is 16.2. The van der Waals surface area contributed by atoms with Gasteiger partial charge in [-0.3, -0.25) is 9.48 Å². The number of nitrogens with one attached hydrogen (secondary N) is 2. The van der Waals surface area contributed by atoms with Crippen LogP contribution in [0.2, 0.25) is 0 Å². The normalized spacial score (nSPS) is 18.2. The third kappa shape index (κ3) is 5.16. The third-order valence-electron chi connectivity index (χ3n) is 6.29. The van der Waals surface area contributed by atoms with Crippen LogP contribution < -0.4 is 15.5 Å². The molecule has 8 heteroatoms. The lowest BCUT2D eigenvalue weighted by Gasteiger charge is -2.29. The van der Waals surface area contributed by atoms with Crippen molar-refractivity contribution < 1.29 is 4.79 Å². The molecular formula is C25H33N7O. The molecule has 1 fully saturated rings.